The Kier molecular flexibility index (Phi) is 4.79. The molecule has 0 spiro atoms. The number of hydrogen-bond donors (Lipinski definition) is 1. The molecule has 7 nitrogen and oxygen atoms in total. The smallest absolute Gasteiger partial charge is 0.322 e. The number of carbonyl (C=O) groups is 1. The Morgan fingerprint density at radius 1 is 1.46 bits per heavy atom. The van der Waals surface area contributed by atoms with Crippen LogP contribution in [0.3, 0.4) is 0 Å². The molecule has 2 aliphatic rings. The lowest BCUT2D eigenvalue weighted by Gasteiger charge is -2.29. The van der Waals surface area contributed by atoms with Crippen molar-refractivity contribution < 1.29 is 14.3 Å². The van der Waals surface area contributed by atoms with Gasteiger partial charge in [-0.25, -0.2) is 4.79 Å². The second kappa shape index (κ2) is 7.37. The molecule has 4 rings (SSSR count). The lowest BCUT2D eigenvalue weighted by atomic mass is 9.99. The fourth-order valence-electron chi connectivity index (χ4n) is 3.67. The van der Waals surface area contributed by atoms with Gasteiger partial charge in [-0.2, -0.15) is 5.10 Å². The van der Waals surface area contributed by atoms with Crippen LogP contribution in [-0.4, -0.2) is 47.1 Å². The first-order chi connectivity index (χ1) is 12.7. The summed E-state index contributed by atoms with van der Waals surface area (Å²) >= 11 is 0. The molecule has 1 saturated heterocycles. The zero-order valence-corrected chi connectivity index (χ0v) is 15.0. The first kappa shape index (κ1) is 16.9. The Bertz CT molecular complexity index is 783. The van der Waals surface area contributed by atoms with Gasteiger partial charge in [-0.15, -0.1) is 0 Å². The Morgan fingerprint density at radius 3 is 3.19 bits per heavy atom. The maximum Gasteiger partial charge on any atom is 0.322 e. The molecule has 1 atom stereocenters. The Morgan fingerprint density at radius 2 is 2.38 bits per heavy atom. The van der Waals surface area contributed by atoms with Gasteiger partial charge in [-0.3, -0.25) is 4.68 Å². The molecule has 26 heavy (non-hydrogen) atoms. The van der Waals surface area contributed by atoms with E-state index in [1.807, 2.05) is 27.9 Å². The molecule has 2 amide bonds. The summed E-state index contributed by atoms with van der Waals surface area (Å²) in [5, 5.41) is 7.27. The molecule has 0 aliphatic carbocycles. The SMILES string of the molecule is COc1cccc2c1CCN(C(=O)Nc1cnn(CC3CCCO3)c1)C2. The van der Waals surface area contributed by atoms with E-state index in [1.54, 1.807) is 13.3 Å². The Balaban J connectivity index is 1.37. The number of nitrogens with zero attached hydrogens (tertiary/aromatic N) is 3. The van der Waals surface area contributed by atoms with Gasteiger partial charge in [0.2, 0.25) is 0 Å². The third-order valence-electron chi connectivity index (χ3n) is 5.03. The fraction of sp³-hybridized carbons (Fsp3) is 0.474. The molecule has 2 aromatic rings. The number of fused-ring (bicyclic) bond motifs is 1. The lowest BCUT2D eigenvalue weighted by molar-refractivity contribution is 0.0940. The third kappa shape index (κ3) is 3.53. The number of hydrogen-bond acceptors (Lipinski definition) is 4. The number of methoxy groups -OCH3 is 1. The zero-order chi connectivity index (χ0) is 17.9. The van der Waals surface area contributed by atoms with Crippen LogP contribution in [0.25, 0.3) is 0 Å². The van der Waals surface area contributed by atoms with Crippen LogP contribution >= 0.6 is 0 Å². The molecule has 1 fully saturated rings. The maximum absolute atomic E-state index is 12.6. The van der Waals surface area contributed by atoms with E-state index in [4.69, 9.17) is 9.47 Å². The van der Waals surface area contributed by atoms with Crippen molar-refractivity contribution in [2.45, 2.75) is 38.5 Å². The highest BCUT2D eigenvalue weighted by atomic mass is 16.5. The summed E-state index contributed by atoms with van der Waals surface area (Å²) in [6.07, 6.45) is 6.75. The topological polar surface area (TPSA) is 68.6 Å². The summed E-state index contributed by atoms with van der Waals surface area (Å²) < 4.78 is 12.9. The van der Waals surface area contributed by atoms with Crippen LogP contribution in [0.15, 0.2) is 30.6 Å². The number of urea groups is 1. The monoisotopic (exact) mass is 356 g/mol. The summed E-state index contributed by atoms with van der Waals surface area (Å²) in [6, 6.07) is 5.89. The highest BCUT2D eigenvalue weighted by molar-refractivity contribution is 5.89. The number of benzene rings is 1. The van der Waals surface area contributed by atoms with Crippen molar-refractivity contribution in [1.82, 2.24) is 14.7 Å². The first-order valence-corrected chi connectivity index (χ1v) is 9.07. The van der Waals surface area contributed by atoms with Crippen molar-refractivity contribution in [3.05, 3.63) is 41.7 Å². The van der Waals surface area contributed by atoms with Gasteiger partial charge < -0.3 is 19.7 Å². The molecule has 2 aliphatic heterocycles. The van der Waals surface area contributed by atoms with Gasteiger partial charge in [0.05, 0.1) is 31.6 Å². The van der Waals surface area contributed by atoms with E-state index in [-0.39, 0.29) is 12.1 Å². The highest BCUT2D eigenvalue weighted by Gasteiger charge is 2.23. The lowest BCUT2D eigenvalue weighted by Crippen LogP contribution is -2.38. The van der Waals surface area contributed by atoms with E-state index in [9.17, 15) is 4.79 Å². The predicted molar refractivity (Wildman–Crippen MR) is 97.3 cm³/mol. The van der Waals surface area contributed by atoms with Crippen molar-refractivity contribution in [3.8, 4) is 5.75 Å². The zero-order valence-electron chi connectivity index (χ0n) is 15.0. The van der Waals surface area contributed by atoms with Crippen molar-refractivity contribution in [1.29, 1.82) is 0 Å². The number of nitrogens with one attached hydrogen (secondary N) is 1. The van der Waals surface area contributed by atoms with Gasteiger partial charge in [0.15, 0.2) is 0 Å². The standard InChI is InChI=1S/C19H24N4O3/c1-25-18-6-2-4-14-11-22(8-7-17(14)18)19(24)21-15-10-20-23(12-15)13-16-5-3-9-26-16/h2,4,6,10,12,16H,3,5,7-9,11,13H2,1H3,(H,21,24). The van der Waals surface area contributed by atoms with Crippen molar-refractivity contribution in [3.63, 3.8) is 0 Å². The van der Waals surface area contributed by atoms with Gasteiger partial charge in [0.1, 0.15) is 5.75 Å². The van der Waals surface area contributed by atoms with E-state index >= 15 is 0 Å². The van der Waals surface area contributed by atoms with E-state index in [0.29, 0.717) is 18.8 Å². The van der Waals surface area contributed by atoms with Crippen LogP contribution < -0.4 is 10.1 Å². The van der Waals surface area contributed by atoms with Crippen LogP contribution in [0, 0.1) is 0 Å². The van der Waals surface area contributed by atoms with E-state index in [1.165, 1.54) is 5.56 Å². The molecule has 1 aromatic heterocycles. The molecule has 3 heterocycles. The predicted octanol–water partition coefficient (Wildman–Crippen LogP) is 2.66. The van der Waals surface area contributed by atoms with Crippen LogP contribution in [-0.2, 0) is 24.2 Å². The Hall–Kier alpha value is -2.54. The number of rotatable bonds is 4. The number of anilines is 1. The minimum atomic E-state index is -0.102. The number of carbonyl (C=O) groups excluding carboxylic acids is 1. The molecule has 7 heteroatoms. The summed E-state index contributed by atoms with van der Waals surface area (Å²) in [6.45, 7) is 2.81. The van der Waals surface area contributed by atoms with Crippen molar-refractivity contribution >= 4 is 11.7 Å². The second-order valence-corrected chi connectivity index (χ2v) is 6.79. The molecule has 0 bridgehead atoms. The average molecular weight is 356 g/mol. The minimum absolute atomic E-state index is 0.102. The highest BCUT2D eigenvalue weighted by Crippen LogP contribution is 2.28. The van der Waals surface area contributed by atoms with Gasteiger partial charge in [0, 0.05) is 31.5 Å². The summed E-state index contributed by atoms with van der Waals surface area (Å²) in [5.41, 5.74) is 3.05. The van der Waals surface area contributed by atoms with Gasteiger partial charge in [-0.05, 0) is 30.9 Å². The molecule has 1 N–H and O–H groups in total. The number of aromatic nitrogens is 2. The van der Waals surface area contributed by atoms with Crippen LogP contribution in [0.5, 0.6) is 5.75 Å². The van der Waals surface area contributed by atoms with E-state index in [2.05, 4.69) is 16.5 Å². The fourth-order valence-corrected chi connectivity index (χ4v) is 3.67. The van der Waals surface area contributed by atoms with E-state index < -0.39 is 0 Å². The normalized spacial score (nSPS) is 19.3. The van der Waals surface area contributed by atoms with Crippen LogP contribution in [0.2, 0.25) is 0 Å². The number of amides is 2. The molecule has 0 radical (unpaired) electrons. The van der Waals surface area contributed by atoms with Crippen molar-refractivity contribution in [2.24, 2.45) is 0 Å². The molecule has 1 aromatic carbocycles. The molecule has 138 valence electrons. The molecule has 1 unspecified atom stereocenters. The van der Waals surface area contributed by atoms with Gasteiger partial charge in [-0.1, -0.05) is 12.1 Å². The van der Waals surface area contributed by atoms with E-state index in [0.717, 1.165) is 43.7 Å². The Labute approximate surface area is 152 Å². The third-order valence-corrected chi connectivity index (χ3v) is 5.03. The summed E-state index contributed by atoms with van der Waals surface area (Å²) in [7, 11) is 1.68. The molecule has 0 saturated carbocycles. The largest absolute Gasteiger partial charge is 0.496 e. The molecular formula is C19H24N4O3. The minimum Gasteiger partial charge on any atom is -0.496 e. The first-order valence-electron chi connectivity index (χ1n) is 9.07. The maximum atomic E-state index is 12.6. The second-order valence-electron chi connectivity index (χ2n) is 6.79. The quantitative estimate of drug-likeness (QED) is 0.914. The van der Waals surface area contributed by atoms with Crippen LogP contribution in [0.1, 0.15) is 24.0 Å². The molecular weight excluding hydrogens is 332 g/mol. The number of ether oxygens (including phenoxy) is 2. The summed E-state index contributed by atoms with van der Waals surface area (Å²) in [4.78, 5) is 14.4. The van der Waals surface area contributed by atoms with Crippen LogP contribution in [0.4, 0.5) is 10.5 Å². The van der Waals surface area contributed by atoms with Gasteiger partial charge >= 0.3 is 6.03 Å². The average Bonchev–Trinajstić information content (AvgIpc) is 3.33. The van der Waals surface area contributed by atoms with Crippen molar-refractivity contribution in [2.75, 3.05) is 25.6 Å². The van der Waals surface area contributed by atoms with Gasteiger partial charge in [0.25, 0.3) is 0 Å². The summed E-state index contributed by atoms with van der Waals surface area (Å²) in [5.74, 6) is 0.901.